The van der Waals surface area contributed by atoms with Gasteiger partial charge in [0.05, 0.1) is 6.61 Å². The molecule has 1 aliphatic rings. The van der Waals surface area contributed by atoms with E-state index >= 15 is 0 Å². The van der Waals surface area contributed by atoms with Crippen molar-refractivity contribution in [3.8, 4) is 5.75 Å². The minimum atomic E-state index is 0.690. The van der Waals surface area contributed by atoms with E-state index in [1.165, 1.54) is 5.56 Å². The topological polar surface area (TPSA) is 53.0 Å². The highest BCUT2D eigenvalue weighted by Crippen LogP contribution is 2.19. The zero-order chi connectivity index (χ0) is 19.1. The lowest BCUT2D eigenvalue weighted by Crippen LogP contribution is -2.52. The summed E-state index contributed by atoms with van der Waals surface area (Å²) in [6, 6.07) is 12.4. The smallest absolute Gasteiger partial charge is 0.194 e. The summed E-state index contributed by atoms with van der Waals surface area (Å²) >= 11 is 0. The average molecular weight is 367 g/mol. The van der Waals surface area contributed by atoms with Crippen molar-refractivity contribution in [2.45, 2.75) is 20.4 Å². The van der Waals surface area contributed by atoms with Crippen molar-refractivity contribution >= 4 is 11.8 Å². The second kappa shape index (κ2) is 9.26. The predicted octanol–water partition coefficient (Wildman–Crippen LogP) is 2.69. The molecular formula is C21H29N5O. The molecule has 0 radical (unpaired) electrons. The summed E-state index contributed by atoms with van der Waals surface area (Å²) in [6.07, 6.45) is 1.85. The first kappa shape index (κ1) is 19.0. The van der Waals surface area contributed by atoms with E-state index in [4.69, 9.17) is 4.74 Å². The van der Waals surface area contributed by atoms with Gasteiger partial charge in [0.25, 0.3) is 0 Å². The van der Waals surface area contributed by atoms with E-state index in [1.54, 1.807) is 0 Å². The van der Waals surface area contributed by atoms with Crippen LogP contribution in [0.2, 0.25) is 0 Å². The van der Waals surface area contributed by atoms with Crippen LogP contribution in [0.3, 0.4) is 0 Å². The third-order valence-electron chi connectivity index (χ3n) is 4.75. The number of piperazine rings is 1. The lowest BCUT2D eigenvalue weighted by atomic mass is 10.1. The molecule has 6 heteroatoms. The quantitative estimate of drug-likeness (QED) is 0.650. The van der Waals surface area contributed by atoms with Gasteiger partial charge in [-0.15, -0.1) is 0 Å². The molecule has 2 heterocycles. The van der Waals surface area contributed by atoms with Crippen LogP contribution in [-0.4, -0.2) is 55.7 Å². The fourth-order valence-corrected chi connectivity index (χ4v) is 3.34. The highest BCUT2D eigenvalue weighted by atomic mass is 16.5. The zero-order valence-corrected chi connectivity index (χ0v) is 16.5. The van der Waals surface area contributed by atoms with Crippen LogP contribution < -0.4 is 15.0 Å². The van der Waals surface area contributed by atoms with Gasteiger partial charge in [-0.2, -0.15) is 0 Å². The SMILES string of the molecule is CCOc1ccc(CNC(=NC)N2CCN(c3ccccn3)CC2)cc1C. The molecule has 1 fully saturated rings. The number of hydrogen-bond donors (Lipinski definition) is 1. The Kier molecular flexibility index (Phi) is 6.52. The number of anilines is 1. The third-order valence-corrected chi connectivity index (χ3v) is 4.75. The highest BCUT2D eigenvalue weighted by Gasteiger charge is 2.20. The monoisotopic (exact) mass is 367 g/mol. The molecule has 27 heavy (non-hydrogen) atoms. The summed E-state index contributed by atoms with van der Waals surface area (Å²) < 4.78 is 5.62. The fraction of sp³-hybridized carbons (Fsp3) is 0.429. The van der Waals surface area contributed by atoms with Gasteiger partial charge in [-0.3, -0.25) is 4.99 Å². The lowest BCUT2D eigenvalue weighted by molar-refractivity contribution is 0.337. The normalized spacial score (nSPS) is 15.0. The van der Waals surface area contributed by atoms with Crippen LogP contribution in [0.4, 0.5) is 5.82 Å². The van der Waals surface area contributed by atoms with Gasteiger partial charge in [0.1, 0.15) is 11.6 Å². The number of aryl methyl sites for hydroxylation is 1. The number of nitrogens with zero attached hydrogens (tertiary/aromatic N) is 4. The number of nitrogens with one attached hydrogen (secondary N) is 1. The molecule has 0 aliphatic carbocycles. The number of guanidine groups is 1. The maximum absolute atomic E-state index is 5.62. The van der Waals surface area contributed by atoms with Gasteiger partial charge < -0.3 is 19.9 Å². The number of benzene rings is 1. The van der Waals surface area contributed by atoms with Crippen molar-refractivity contribution in [1.82, 2.24) is 15.2 Å². The molecule has 0 atom stereocenters. The first-order valence-electron chi connectivity index (χ1n) is 9.55. The summed E-state index contributed by atoms with van der Waals surface area (Å²) in [5.74, 6) is 2.95. The fourth-order valence-electron chi connectivity index (χ4n) is 3.34. The first-order valence-corrected chi connectivity index (χ1v) is 9.55. The molecule has 0 bridgehead atoms. The molecule has 1 aromatic heterocycles. The van der Waals surface area contributed by atoms with E-state index in [-0.39, 0.29) is 0 Å². The van der Waals surface area contributed by atoms with Crippen molar-refractivity contribution in [2.24, 2.45) is 4.99 Å². The van der Waals surface area contributed by atoms with Crippen LogP contribution in [0.25, 0.3) is 0 Å². The molecule has 0 amide bonds. The minimum absolute atomic E-state index is 0.690. The number of pyridine rings is 1. The van der Waals surface area contributed by atoms with Crippen molar-refractivity contribution in [3.05, 3.63) is 53.7 Å². The summed E-state index contributed by atoms with van der Waals surface area (Å²) in [7, 11) is 1.84. The molecule has 1 aliphatic heterocycles. The molecule has 1 N–H and O–H groups in total. The van der Waals surface area contributed by atoms with Crippen molar-refractivity contribution in [2.75, 3.05) is 44.7 Å². The molecule has 0 unspecified atom stereocenters. The number of aromatic nitrogens is 1. The number of aliphatic imine (C=N–C) groups is 1. The van der Waals surface area contributed by atoms with Crippen molar-refractivity contribution < 1.29 is 4.74 Å². The average Bonchev–Trinajstić information content (AvgIpc) is 2.71. The van der Waals surface area contributed by atoms with E-state index in [0.717, 1.165) is 55.8 Å². The van der Waals surface area contributed by atoms with Gasteiger partial charge in [-0.25, -0.2) is 4.98 Å². The zero-order valence-electron chi connectivity index (χ0n) is 16.5. The van der Waals surface area contributed by atoms with Gasteiger partial charge in [-0.1, -0.05) is 18.2 Å². The van der Waals surface area contributed by atoms with Crippen LogP contribution in [-0.2, 0) is 6.54 Å². The molecule has 0 saturated carbocycles. The highest BCUT2D eigenvalue weighted by molar-refractivity contribution is 5.80. The largest absolute Gasteiger partial charge is 0.494 e. The molecule has 1 saturated heterocycles. The summed E-state index contributed by atoms with van der Waals surface area (Å²) in [5, 5.41) is 3.49. The first-order chi connectivity index (χ1) is 13.2. The van der Waals surface area contributed by atoms with Crippen LogP contribution in [0.15, 0.2) is 47.6 Å². The summed E-state index contributed by atoms with van der Waals surface area (Å²) in [6.45, 7) is 9.28. The van der Waals surface area contributed by atoms with Crippen LogP contribution in [0.5, 0.6) is 5.75 Å². The van der Waals surface area contributed by atoms with E-state index < -0.39 is 0 Å². The Morgan fingerprint density at radius 2 is 2.00 bits per heavy atom. The summed E-state index contributed by atoms with van der Waals surface area (Å²) in [5.41, 5.74) is 2.39. The van der Waals surface area contributed by atoms with Crippen molar-refractivity contribution in [1.29, 1.82) is 0 Å². The van der Waals surface area contributed by atoms with Gasteiger partial charge in [0.2, 0.25) is 0 Å². The molecule has 144 valence electrons. The number of ether oxygens (including phenoxy) is 1. The molecule has 3 rings (SSSR count). The molecular weight excluding hydrogens is 338 g/mol. The van der Waals surface area contributed by atoms with E-state index in [2.05, 4.69) is 50.2 Å². The lowest BCUT2D eigenvalue weighted by Gasteiger charge is -2.37. The van der Waals surface area contributed by atoms with Crippen LogP contribution in [0, 0.1) is 6.92 Å². The minimum Gasteiger partial charge on any atom is -0.494 e. The molecule has 6 nitrogen and oxygen atoms in total. The van der Waals surface area contributed by atoms with E-state index in [1.807, 2.05) is 38.4 Å². The molecule has 2 aromatic rings. The van der Waals surface area contributed by atoms with Gasteiger partial charge in [0.15, 0.2) is 5.96 Å². The number of rotatable bonds is 5. The Balaban J connectivity index is 1.53. The predicted molar refractivity (Wildman–Crippen MR) is 111 cm³/mol. The van der Waals surface area contributed by atoms with Gasteiger partial charge >= 0.3 is 0 Å². The van der Waals surface area contributed by atoms with Gasteiger partial charge in [0, 0.05) is 46.0 Å². The molecule has 1 aromatic carbocycles. The molecule has 0 spiro atoms. The maximum Gasteiger partial charge on any atom is 0.194 e. The van der Waals surface area contributed by atoms with Crippen LogP contribution in [0.1, 0.15) is 18.1 Å². The second-order valence-electron chi connectivity index (χ2n) is 6.60. The van der Waals surface area contributed by atoms with E-state index in [0.29, 0.717) is 6.61 Å². The standard InChI is InChI=1S/C21H29N5O/c1-4-27-19-9-8-18(15-17(19)2)16-24-21(22-3)26-13-11-25(12-14-26)20-7-5-6-10-23-20/h5-10,15H,4,11-14,16H2,1-3H3,(H,22,24). The Hall–Kier alpha value is -2.76. The third kappa shape index (κ3) is 4.90. The van der Waals surface area contributed by atoms with E-state index in [9.17, 15) is 0 Å². The Bertz CT molecular complexity index is 754. The Labute approximate surface area is 161 Å². The summed E-state index contributed by atoms with van der Waals surface area (Å²) in [4.78, 5) is 13.5. The van der Waals surface area contributed by atoms with Crippen molar-refractivity contribution in [3.63, 3.8) is 0 Å². The Morgan fingerprint density at radius 3 is 2.63 bits per heavy atom. The number of hydrogen-bond acceptors (Lipinski definition) is 4. The Morgan fingerprint density at radius 1 is 1.19 bits per heavy atom. The van der Waals surface area contributed by atoms with Crippen LogP contribution >= 0.6 is 0 Å². The van der Waals surface area contributed by atoms with Gasteiger partial charge in [-0.05, 0) is 43.2 Å². The second-order valence-corrected chi connectivity index (χ2v) is 6.60. The maximum atomic E-state index is 5.62.